The third kappa shape index (κ3) is 4.03. The van der Waals surface area contributed by atoms with Crippen LogP contribution in [0.15, 0.2) is 48.5 Å². The van der Waals surface area contributed by atoms with E-state index in [2.05, 4.69) is 10.3 Å². The molecule has 2 aromatic carbocycles. The van der Waals surface area contributed by atoms with Crippen molar-refractivity contribution in [3.63, 3.8) is 0 Å². The molecule has 1 amide bonds. The number of ether oxygens (including phenoxy) is 3. The normalized spacial score (nSPS) is 10.5. The highest BCUT2D eigenvalue weighted by Crippen LogP contribution is 2.21. The molecule has 0 spiro atoms. The van der Waals surface area contributed by atoms with Crippen molar-refractivity contribution in [1.29, 1.82) is 0 Å². The van der Waals surface area contributed by atoms with E-state index in [1.165, 1.54) is 0 Å². The molecule has 0 aliphatic carbocycles. The first-order valence-corrected chi connectivity index (χ1v) is 7.91. The van der Waals surface area contributed by atoms with Crippen LogP contribution in [0.25, 0.3) is 10.9 Å². The number of methoxy groups -OCH3 is 2. The molecule has 0 saturated heterocycles. The van der Waals surface area contributed by atoms with Gasteiger partial charge in [0.15, 0.2) is 0 Å². The number of carbonyl (C=O) groups excluding carboxylic acids is 1. The first-order valence-electron chi connectivity index (χ1n) is 7.91. The van der Waals surface area contributed by atoms with E-state index in [4.69, 9.17) is 14.2 Å². The van der Waals surface area contributed by atoms with Crippen molar-refractivity contribution in [2.24, 2.45) is 0 Å². The number of aromatic amines is 1. The van der Waals surface area contributed by atoms with Crippen LogP contribution in [0, 0.1) is 0 Å². The van der Waals surface area contributed by atoms with E-state index >= 15 is 0 Å². The van der Waals surface area contributed by atoms with Crippen LogP contribution in [-0.4, -0.2) is 38.3 Å². The van der Waals surface area contributed by atoms with Gasteiger partial charge in [-0.05, 0) is 42.5 Å². The minimum atomic E-state index is -0.173. The number of hydrogen-bond donors (Lipinski definition) is 2. The van der Waals surface area contributed by atoms with E-state index < -0.39 is 0 Å². The smallest absolute Gasteiger partial charge is 0.267 e. The number of aromatic nitrogens is 1. The van der Waals surface area contributed by atoms with E-state index in [1.54, 1.807) is 14.2 Å². The molecule has 2 N–H and O–H groups in total. The van der Waals surface area contributed by atoms with Crippen LogP contribution in [0.4, 0.5) is 0 Å². The molecule has 0 aliphatic heterocycles. The van der Waals surface area contributed by atoms with Gasteiger partial charge < -0.3 is 24.5 Å². The molecule has 6 heteroatoms. The quantitative estimate of drug-likeness (QED) is 0.649. The lowest BCUT2D eigenvalue weighted by atomic mass is 10.2. The Balaban J connectivity index is 1.51. The van der Waals surface area contributed by atoms with Gasteiger partial charge in [0.2, 0.25) is 0 Å². The fourth-order valence-corrected chi connectivity index (χ4v) is 2.46. The molecular weight excluding hydrogens is 320 g/mol. The summed E-state index contributed by atoms with van der Waals surface area (Å²) in [5.74, 6) is 2.08. The fourth-order valence-electron chi connectivity index (χ4n) is 2.46. The highest BCUT2D eigenvalue weighted by atomic mass is 16.5. The third-order valence-corrected chi connectivity index (χ3v) is 3.79. The first-order chi connectivity index (χ1) is 12.2. The second kappa shape index (κ2) is 7.61. The van der Waals surface area contributed by atoms with Crippen LogP contribution in [-0.2, 0) is 0 Å². The van der Waals surface area contributed by atoms with Gasteiger partial charge in [-0.2, -0.15) is 0 Å². The maximum Gasteiger partial charge on any atom is 0.267 e. The lowest BCUT2D eigenvalue weighted by molar-refractivity contribution is 0.0943. The van der Waals surface area contributed by atoms with Crippen LogP contribution in [0.1, 0.15) is 10.5 Å². The molecule has 1 heterocycles. The molecule has 1 aromatic heterocycles. The van der Waals surface area contributed by atoms with E-state index in [1.807, 2.05) is 48.5 Å². The Bertz CT molecular complexity index is 855. The topological polar surface area (TPSA) is 72.6 Å². The number of amides is 1. The molecule has 25 heavy (non-hydrogen) atoms. The van der Waals surface area contributed by atoms with E-state index in [9.17, 15) is 4.79 Å². The Hall–Kier alpha value is -3.15. The molecule has 3 rings (SSSR count). The number of carbonyl (C=O) groups is 1. The Morgan fingerprint density at radius 2 is 1.64 bits per heavy atom. The molecule has 0 saturated carbocycles. The second-order valence-electron chi connectivity index (χ2n) is 5.42. The molecule has 3 aromatic rings. The Morgan fingerprint density at radius 1 is 0.960 bits per heavy atom. The summed E-state index contributed by atoms with van der Waals surface area (Å²) in [4.78, 5) is 15.3. The monoisotopic (exact) mass is 340 g/mol. The Morgan fingerprint density at radius 3 is 2.36 bits per heavy atom. The molecule has 0 bridgehead atoms. The van der Waals surface area contributed by atoms with Crippen molar-refractivity contribution in [3.05, 3.63) is 54.2 Å². The number of fused-ring (bicyclic) bond motifs is 1. The van der Waals surface area contributed by atoms with Gasteiger partial charge in [-0.1, -0.05) is 0 Å². The summed E-state index contributed by atoms with van der Waals surface area (Å²) in [5.41, 5.74) is 1.37. The van der Waals surface area contributed by atoms with Crippen molar-refractivity contribution < 1.29 is 19.0 Å². The fraction of sp³-hybridized carbons (Fsp3) is 0.211. The maximum atomic E-state index is 12.2. The predicted octanol–water partition coefficient (Wildman–Crippen LogP) is 2.99. The molecule has 6 nitrogen and oxygen atoms in total. The summed E-state index contributed by atoms with van der Waals surface area (Å²) in [6, 6.07) is 14.7. The van der Waals surface area contributed by atoms with Crippen LogP contribution < -0.4 is 19.5 Å². The molecular formula is C19H20N2O4. The minimum absolute atomic E-state index is 0.173. The average molecular weight is 340 g/mol. The number of nitrogens with one attached hydrogen (secondary N) is 2. The van der Waals surface area contributed by atoms with Gasteiger partial charge in [0.25, 0.3) is 5.91 Å². The lowest BCUT2D eigenvalue weighted by Crippen LogP contribution is -2.28. The van der Waals surface area contributed by atoms with Crippen LogP contribution in [0.3, 0.4) is 0 Å². The van der Waals surface area contributed by atoms with Crippen molar-refractivity contribution in [1.82, 2.24) is 10.3 Å². The van der Waals surface area contributed by atoms with Gasteiger partial charge in [0.1, 0.15) is 29.5 Å². The van der Waals surface area contributed by atoms with Crippen molar-refractivity contribution in [2.75, 3.05) is 27.4 Å². The second-order valence-corrected chi connectivity index (χ2v) is 5.42. The molecule has 0 unspecified atom stereocenters. The van der Waals surface area contributed by atoms with Crippen LogP contribution in [0.5, 0.6) is 17.2 Å². The molecule has 0 radical (unpaired) electrons. The molecule has 0 atom stereocenters. The summed E-state index contributed by atoms with van der Waals surface area (Å²) in [5, 5.41) is 3.79. The Labute approximate surface area is 145 Å². The maximum absolute atomic E-state index is 12.2. The predicted molar refractivity (Wildman–Crippen MR) is 95.7 cm³/mol. The molecule has 0 aliphatic rings. The SMILES string of the molecule is COc1ccc(OCCNC(=O)c2cc3ccc(OC)cc3[nH]2)cc1. The first kappa shape index (κ1) is 16.7. The van der Waals surface area contributed by atoms with E-state index in [0.717, 1.165) is 28.2 Å². The lowest BCUT2D eigenvalue weighted by Gasteiger charge is -2.07. The average Bonchev–Trinajstić information content (AvgIpc) is 3.08. The zero-order valence-corrected chi connectivity index (χ0v) is 14.2. The van der Waals surface area contributed by atoms with Crippen LogP contribution >= 0.6 is 0 Å². The highest BCUT2D eigenvalue weighted by Gasteiger charge is 2.09. The number of benzene rings is 2. The Kier molecular flexibility index (Phi) is 5.09. The van der Waals surface area contributed by atoms with Gasteiger partial charge >= 0.3 is 0 Å². The third-order valence-electron chi connectivity index (χ3n) is 3.79. The van der Waals surface area contributed by atoms with Gasteiger partial charge in [0, 0.05) is 17.0 Å². The summed E-state index contributed by atoms with van der Waals surface area (Å²) in [6.45, 7) is 0.787. The zero-order chi connectivity index (χ0) is 17.6. The van der Waals surface area contributed by atoms with E-state index in [0.29, 0.717) is 18.8 Å². The van der Waals surface area contributed by atoms with Gasteiger partial charge in [-0.3, -0.25) is 4.79 Å². The largest absolute Gasteiger partial charge is 0.497 e. The number of hydrogen-bond acceptors (Lipinski definition) is 4. The number of H-pyrrole nitrogens is 1. The highest BCUT2D eigenvalue weighted by molar-refractivity contribution is 5.98. The summed E-state index contributed by atoms with van der Waals surface area (Å²) in [7, 11) is 3.23. The standard InChI is InChI=1S/C19H20N2O4/c1-23-14-5-7-15(8-6-14)25-10-9-20-19(22)18-11-13-3-4-16(24-2)12-17(13)21-18/h3-8,11-12,21H,9-10H2,1-2H3,(H,20,22). The molecule has 0 fully saturated rings. The number of rotatable bonds is 7. The zero-order valence-electron chi connectivity index (χ0n) is 14.2. The summed E-state index contributed by atoms with van der Waals surface area (Å²) in [6.07, 6.45) is 0. The van der Waals surface area contributed by atoms with Gasteiger partial charge in [0.05, 0.1) is 20.8 Å². The molecule has 130 valence electrons. The summed E-state index contributed by atoms with van der Waals surface area (Å²) >= 11 is 0. The summed E-state index contributed by atoms with van der Waals surface area (Å²) < 4.78 is 15.9. The minimum Gasteiger partial charge on any atom is -0.497 e. The van der Waals surface area contributed by atoms with Crippen molar-refractivity contribution >= 4 is 16.8 Å². The van der Waals surface area contributed by atoms with Crippen molar-refractivity contribution in [2.45, 2.75) is 0 Å². The van der Waals surface area contributed by atoms with Crippen LogP contribution in [0.2, 0.25) is 0 Å². The van der Waals surface area contributed by atoms with Crippen molar-refractivity contribution in [3.8, 4) is 17.2 Å². The van der Waals surface area contributed by atoms with Gasteiger partial charge in [-0.25, -0.2) is 0 Å². The van der Waals surface area contributed by atoms with Gasteiger partial charge in [-0.15, -0.1) is 0 Å². The van der Waals surface area contributed by atoms with E-state index in [-0.39, 0.29) is 5.91 Å².